The number of ketones is 2. The minimum atomic E-state index is -2.55. The number of methoxy groups -OCH3 is 3. The largest absolute Gasteiger partial charge is 0.481 e. The van der Waals surface area contributed by atoms with Crippen molar-refractivity contribution in [3.05, 3.63) is 36.0 Å². The molecular formula is C49H76N2O15. The highest BCUT2D eigenvalue weighted by molar-refractivity contribution is 6.39. The van der Waals surface area contributed by atoms with Gasteiger partial charge in [-0.05, 0) is 102 Å². The number of cyclic esters (lactones) is 1. The van der Waals surface area contributed by atoms with Crippen LogP contribution in [-0.2, 0) is 52.4 Å². The van der Waals surface area contributed by atoms with E-state index in [1.807, 2.05) is 26.0 Å². The number of Topliss-reactive ketones (excluding diaryl/α,β-unsaturated/α-hetero) is 2. The summed E-state index contributed by atoms with van der Waals surface area (Å²) in [7, 11) is 4.54. The molecule has 2 bridgehead atoms. The molecule has 3 fully saturated rings. The van der Waals surface area contributed by atoms with Crippen LogP contribution in [0.3, 0.4) is 0 Å². The Morgan fingerprint density at radius 2 is 1.64 bits per heavy atom. The lowest BCUT2D eigenvalue weighted by Crippen LogP contribution is -2.64. The van der Waals surface area contributed by atoms with Gasteiger partial charge in [0.1, 0.15) is 30.1 Å². The van der Waals surface area contributed by atoms with E-state index in [1.165, 1.54) is 21.3 Å². The highest BCUT2D eigenvalue weighted by Gasteiger charge is 2.56. The number of carbonyl (C=O) groups excluding carboxylic acids is 5. The number of hydrogen-bond donors (Lipinski definition) is 4. The summed E-state index contributed by atoms with van der Waals surface area (Å²) in [5.41, 5.74) is 1.51. The summed E-state index contributed by atoms with van der Waals surface area (Å²) >= 11 is 0. The highest BCUT2D eigenvalue weighted by atomic mass is 16.7. The molecule has 14 atom stereocenters. The van der Waals surface area contributed by atoms with Crippen LogP contribution in [0.25, 0.3) is 0 Å². The van der Waals surface area contributed by atoms with Crippen LogP contribution in [0.1, 0.15) is 118 Å². The Morgan fingerprint density at radius 1 is 0.955 bits per heavy atom. The van der Waals surface area contributed by atoms with Gasteiger partial charge in [0.05, 0.1) is 24.4 Å². The standard InChI is InChI=1S/C49H76N2O15/c1-10-14-34-22-28(2)21-29(3)23-40(62-8)44-41(63-9)25-31(5)49(60,66-44)45(56)46(57)51-20-12-11-15-35(51)47(58)65-43(32(6)36(52)27-37(34)53)30(4)24-33-17-18-38(39(26-33)61-7)64-48(59)50-19-13-16-42(54)55/h10,22,24,29,31-36,38-41,43-44,52,60H,1,11-21,23,25-27H2,2-9H3,(H,50,59)(H,54,55). The van der Waals surface area contributed by atoms with Crippen LogP contribution < -0.4 is 5.32 Å². The van der Waals surface area contributed by atoms with E-state index in [-0.39, 0.29) is 62.8 Å². The molecular weight excluding hydrogens is 857 g/mol. The number of piperidine rings is 1. The molecule has 372 valence electrons. The second kappa shape index (κ2) is 25.4. The van der Waals surface area contributed by atoms with E-state index >= 15 is 0 Å². The van der Waals surface area contributed by atoms with Crippen molar-refractivity contribution in [2.75, 3.05) is 34.4 Å². The minimum Gasteiger partial charge on any atom is -0.481 e. The molecule has 66 heavy (non-hydrogen) atoms. The van der Waals surface area contributed by atoms with Gasteiger partial charge in [0.15, 0.2) is 0 Å². The van der Waals surface area contributed by atoms with Crippen molar-refractivity contribution in [1.29, 1.82) is 0 Å². The Labute approximate surface area is 390 Å². The first-order chi connectivity index (χ1) is 31.3. The van der Waals surface area contributed by atoms with Gasteiger partial charge in [-0.15, -0.1) is 6.58 Å². The maximum atomic E-state index is 14.5. The third kappa shape index (κ3) is 14.3. The van der Waals surface area contributed by atoms with Crippen molar-refractivity contribution in [2.45, 2.75) is 173 Å². The van der Waals surface area contributed by atoms with Crippen LogP contribution in [-0.4, -0.2) is 145 Å². The van der Waals surface area contributed by atoms with Crippen LogP contribution in [0.2, 0.25) is 0 Å². The van der Waals surface area contributed by atoms with Crippen molar-refractivity contribution >= 4 is 35.5 Å². The van der Waals surface area contributed by atoms with Gasteiger partial charge in [0.25, 0.3) is 11.7 Å². The van der Waals surface area contributed by atoms with Gasteiger partial charge in [-0.3, -0.25) is 19.2 Å². The van der Waals surface area contributed by atoms with E-state index < -0.39 is 102 Å². The van der Waals surface area contributed by atoms with Crippen molar-refractivity contribution in [1.82, 2.24) is 10.2 Å². The molecule has 3 aliphatic heterocycles. The van der Waals surface area contributed by atoms with Gasteiger partial charge in [-0.2, -0.15) is 0 Å². The third-order valence-electron chi connectivity index (χ3n) is 13.9. The number of rotatable bonds is 12. The van der Waals surface area contributed by atoms with E-state index in [2.05, 4.69) is 11.9 Å². The first-order valence-corrected chi connectivity index (χ1v) is 23.7. The molecule has 0 spiro atoms. The number of nitrogens with one attached hydrogen (secondary N) is 1. The number of esters is 1. The zero-order chi connectivity index (χ0) is 48.9. The summed E-state index contributed by atoms with van der Waals surface area (Å²) in [4.78, 5) is 81.7. The maximum Gasteiger partial charge on any atom is 0.407 e. The quantitative estimate of drug-likeness (QED) is 0.0849. The molecule has 0 aromatic carbocycles. The molecule has 2 saturated heterocycles. The molecule has 2 amide bonds. The number of ether oxygens (including phenoxy) is 6. The summed E-state index contributed by atoms with van der Waals surface area (Å²) in [5, 5.41) is 35.4. The van der Waals surface area contributed by atoms with Crippen molar-refractivity contribution in [2.24, 2.45) is 29.6 Å². The number of fused-ring (bicyclic) bond motifs is 3. The molecule has 0 radical (unpaired) electrons. The highest BCUT2D eigenvalue weighted by Crippen LogP contribution is 2.39. The summed E-state index contributed by atoms with van der Waals surface area (Å²) in [6, 6.07) is -1.20. The van der Waals surface area contributed by atoms with Gasteiger partial charge >= 0.3 is 18.0 Å². The van der Waals surface area contributed by atoms with E-state index in [1.54, 1.807) is 26.8 Å². The summed E-state index contributed by atoms with van der Waals surface area (Å²) in [6.45, 7) is 13.1. The summed E-state index contributed by atoms with van der Waals surface area (Å²) in [5.74, 6) is -9.23. The van der Waals surface area contributed by atoms with Gasteiger partial charge in [-0.1, -0.05) is 44.6 Å². The molecule has 1 aliphatic carbocycles. The number of alkyl carbamates (subject to hydrolysis) is 1. The summed E-state index contributed by atoms with van der Waals surface area (Å²) < 4.78 is 35.7. The van der Waals surface area contributed by atoms with Crippen molar-refractivity contribution in [3.8, 4) is 0 Å². The predicted octanol–water partition coefficient (Wildman–Crippen LogP) is 5.24. The van der Waals surface area contributed by atoms with Crippen molar-refractivity contribution < 1.29 is 72.5 Å². The molecule has 14 unspecified atom stereocenters. The first-order valence-electron chi connectivity index (χ1n) is 23.7. The topological polar surface area (TPSA) is 234 Å². The zero-order valence-electron chi connectivity index (χ0n) is 40.2. The Balaban J connectivity index is 1.70. The van der Waals surface area contributed by atoms with Crippen LogP contribution in [0, 0.1) is 29.6 Å². The Morgan fingerprint density at radius 3 is 2.29 bits per heavy atom. The van der Waals surface area contributed by atoms with Gasteiger partial charge in [-0.25, -0.2) is 9.59 Å². The second-order valence-electron chi connectivity index (χ2n) is 19.1. The number of aliphatic hydroxyl groups excluding tert-OH is 1. The SMILES string of the molecule is C=CCC1C=C(C)CC(C)CC(OC)C2OC(O)(C(=O)C(=O)N3CCCCC3C(=O)OC(C(C)=CC3CCC(OC(=O)NCCCC(=O)O)C(OC)C3)C(C)C(O)CC1=O)C(C)CC2OC. The van der Waals surface area contributed by atoms with Gasteiger partial charge in [0.2, 0.25) is 5.79 Å². The van der Waals surface area contributed by atoms with Crippen LogP contribution in [0.15, 0.2) is 36.0 Å². The van der Waals surface area contributed by atoms with Gasteiger partial charge < -0.3 is 54.0 Å². The number of aliphatic hydroxyl groups is 2. The number of nitrogens with zero attached hydrogens (tertiary/aromatic N) is 1. The monoisotopic (exact) mass is 933 g/mol. The average molecular weight is 933 g/mol. The Kier molecular flexibility index (Phi) is 21.0. The lowest BCUT2D eigenvalue weighted by Gasteiger charge is -2.47. The fourth-order valence-corrected chi connectivity index (χ4v) is 10.2. The molecule has 17 nitrogen and oxygen atoms in total. The van der Waals surface area contributed by atoms with E-state index in [4.69, 9.17) is 33.5 Å². The third-order valence-corrected chi connectivity index (χ3v) is 13.9. The number of hydrogen-bond acceptors (Lipinski definition) is 14. The molecule has 0 aromatic rings. The minimum absolute atomic E-state index is 0.0211. The average Bonchev–Trinajstić information content (AvgIpc) is 3.28. The number of carboxylic acids is 1. The molecule has 4 aliphatic rings. The van der Waals surface area contributed by atoms with E-state index in [0.29, 0.717) is 56.9 Å². The molecule has 17 heteroatoms. The maximum absolute atomic E-state index is 14.5. The van der Waals surface area contributed by atoms with Crippen LogP contribution in [0.5, 0.6) is 0 Å². The van der Waals surface area contributed by atoms with E-state index in [0.717, 1.165) is 10.5 Å². The fourth-order valence-electron chi connectivity index (χ4n) is 10.2. The van der Waals surface area contributed by atoms with Crippen molar-refractivity contribution in [3.63, 3.8) is 0 Å². The Hall–Kier alpha value is -4.00. The Bertz CT molecular complexity index is 1770. The van der Waals surface area contributed by atoms with Crippen LogP contribution in [0.4, 0.5) is 4.79 Å². The molecule has 4 rings (SSSR count). The predicted molar refractivity (Wildman–Crippen MR) is 242 cm³/mol. The normalized spacial score (nSPS) is 36.0. The first kappa shape index (κ1) is 54.6. The van der Waals surface area contributed by atoms with E-state index in [9.17, 15) is 39.0 Å². The number of carbonyl (C=O) groups is 6. The summed E-state index contributed by atoms with van der Waals surface area (Å²) in [6.07, 6.45) is 3.36. The molecule has 0 aromatic heterocycles. The lowest BCUT2D eigenvalue weighted by atomic mass is 9.81. The second-order valence-corrected chi connectivity index (χ2v) is 19.1. The number of allylic oxidation sites excluding steroid dienone is 4. The fraction of sp³-hybridized carbons (Fsp3) is 0.755. The molecule has 1 saturated carbocycles. The lowest BCUT2D eigenvalue weighted by molar-refractivity contribution is -0.302. The van der Waals surface area contributed by atoms with Crippen LogP contribution >= 0.6 is 0 Å². The number of amides is 2. The molecule has 3 heterocycles. The number of carboxylic acid groups (broad SMARTS) is 1. The zero-order valence-corrected chi connectivity index (χ0v) is 40.2. The van der Waals surface area contributed by atoms with Gasteiger partial charge in [0, 0.05) is 65.0 Å². The smallest absolute Gasteiger partial charge is 0.407 e. The number of aliphatic carboxylic acids is 1. The molecule has 4 N–H and O–H groups in total.